The summed E-state index contributed by atoms with van der Waals surface area (Å²) < 4.78 is 25.0. The van der Waals surface area contributed by atoms with E-state index in [1.165, 1.54) is 0 Å². The number of rotatable bonds is 3. The molecule has 94 valence electrons. The second kappa shape index (κ2) is 4.78. The predicted molar refractivity (Wildman–Crippen MR) is 68.9 cm³/mol. The highest BCUT2D eigenvalue weighted by atomic mass is 32.2. The molecule has 1 fully saturated rings. The molecule has 0 radical (unpaired) electrons. The molecular formula is C13H19NO2S. The summed E-state index contributed by atoms with van der Waals surface area (Å²) in [6.45, 7) is 1.96. The Morgan fingerprint density at radius 3 is 2.41 bits per heavy atom. The number of benzene rings is 1. The van der Waals surface area contributed by atoms with Gasteiger partial charge in [-0.2, -0.15) is 0 Å². The van der Waals surface area contributed by atoms with Crippen LogP contribution < -0.4 is 5.32 Å². The van der Waals surface area contributed by atoms with Gasteiger partial charge in [-0.05, 0) is 38.9 Å². The Hall–Kier alpha value is -0.870. The molecule has 2 atom stereocenters. The van der Waals surface area contributed by atoms with Crippen molar-refractivity contribution in [2.24, 2.45) is 0 Å². The van der Waals surface area contributed by atoms with Gasteiger partial charge in [0.05, 0.1) is 10.1 Å². The molecule has 1 N–H and O–H groups in total. The molecule has 1 saturated carbocycles. The number of aryl methyl sites for hydroxylation is 1. The van der Waals surface area contributed by atoms with Crippen LogP contribution in [0.1, 0.15) is 24.8 Å². The van der Waals surface area contributed by atoms with Gasteiger partial charge in [0, 0.05) is 6.04 Å². The zero-order valence-corrected chi connectivity index (χ0v) is 11.1. The lowest BCUT2D eigenvalue weighted by atomic mass is 10.2. The van der Waals surface area contributed by atoms with Gasteiger partial charge in [0.1, 0.15) is 0 Å². The van der Waals surface area contributed by atoms with Crippen LogP contribution in [-0.2, 0) is 9.84 Å². The van der Waals surface area contributed by atoms with E-state index in [2.05, 4.69) is 5.32 Å². The number of hydrogen-bond acceptors (Lipinski definition) is 3. The summed E-state index contributed by atoms with van der Waals surface area (Å²) in [5.74, 6) is 0. The van der Waals surface area contributed by atoms with Gasteiger partial charge in [0.25, 0.3) is 0 Å². The monoisotopic (exact) mass is 253 g/mol. The van der Waals surface area contributed by atoms with Crippen molar-refractivity contribution in [1.29, 1.82) is 0 Å². The van der Waals surface area contributed by atoms with Crippen LogP contribution in [0.4, 0.5) is 0 Å². The van der Waals surface area contributed by atoms with E-state index in [0.29, 0.717) is 4.90 Å². The van der Waals surface area contributed by atoms with Gasteiger partial charge in [0.2, 0.25) is 0 Å². The molecule has 0 aromatic heterocycles. The van der Waals surface area contributed by atoms with E-state index in [4.69, 9.17) is 0 Å². The molecule has 0 aliphatic heterocycles. The van der Waals surface area contributed by atoms with E-state index in [1.807, 2.05) is 26.1 Å². The first-order valence-electron chi connectivity index (χ1n) is 6.03. The zero-order chi connectivity index (χ0) is 12.5. The summed E-state index contributed by atoms with van der Waals surface area (Å²) in [7, 11) is -1.34. The highest BCUT2D eigenvalue weighted by molar-refractivity contribution is 7.92. The van der Waals surface area contributed by atoms with Crippen LogP contribution in [0.5, 0.6) is 0 Å². The van der Waals surface area contributed by atoms with E-state index in [-0.39, 0.29) is 11.3 Å². The van der Waals surface area contributed by atoms with Gasteiger partial charge < -0.3 is 5.32 Å². The fourth-order valence-corrected chi connectivity index (χ4v) is 4.58. The Morgan fingerprint density at radius 1 is 1.18 bits per heavy atom. The maximum atomic E-state index is 12.5. The highest BCUT2D eigenvalue weighted by Crippen LogP contribution is 2.29. The maximum absolute atomic E-state index is 12.5. The Kier molecular flexibility index (Phi) is 3.54. The Balaban J connectivity index is 2.33. The molecule has 0 spiro atoms. The van der Waals surface area contributed by atoms with E-state index in [0.717, 1.165) is 24.8 Å². The lowest BCUT2D eigenvalue weighted by molar-refractivity contribution is 0.538. The van der Waals surface area contributed by atoms with Crippen LogP contribution in [0.25, 0.3) is 0 Å². The molecule has 1 aromatic carbocycles. The second-order valence-electron chi connectivity index (χ2n) is 4.72. The van der Waals surface area contributed by atoms with Gasteiger partial charge in [-0.25, -0.2) is 8.42 Å². The minimum absolute atomic E-state index is 0.0984. The molecule has 4 heteroatoms. The molecule has 0 amide bonds. The first-order valence-corrected chi connectivity index (χ1v) is 7.58. The van der Waals surface area contributed by atoms with Crippen LogP contribution in [-0.4, -0.2) is 26.8 Å². The SMILES string of the molecule is CNC1CCCC1S(=O)(=O)c1ccc(C)cc1. The van der Waals surface area contributed by atoms with Crippen molar-refractivity contribution in [1.82, 2.24) is 5.32 Å². The van der Waals surface area contributed by atoms with Crippen molar-refractivity contribution >= 4 is 9.84 Å². The lowest BCUT2D eigenvalue weighted by Gasteiger charge is -2.19. The topological polar surface area (TPSA) is 46.2 Å². The molecule has 17 heavy (non-hydrogen) atoms. The molecule has 0 bridgehead atoms. The van der Waals surface area contributed by atoms with Crippen LogP contribution in [0.3, 0.4) is 0 Å². The summed E-state index contributed by atoms with van der Waals surface area (Å²) in [5.41, 5.74) is 1.08. The van der Waals surface area contributed by atoms with Crippen LogP contribution >= 0.6 is 0 Å². The minimum atomic E-state index is -3.18. The summed E-state index contributed by atoms with van der Waals surface area (Å²) in [6, 6.07) is 7.25. The van der Waals surface area contributed by atoms with Gasteiger partial charge in [-0.15, -0.1) is 0 Å². The molecule has 2 rings (SSSR count). The van der Waals surface area contributed by atoms with Gasteiger partial charge in [-0.3, -0.25) is 0 Å². The summed E-state index contributed by atoms with van der Waals surface area (Å²) in [6.07, 6.45) is 2.70. The summed E-state index contributed by atoms with van der Waals surface area (Å²) in [4.78, 5) is 0.454. The van der Waals surface area contributed by atoms with Crippen molar-refractivity contribution in [2.45, 2.75) is 42.4 Å². The van der Waals surface area contributed by atoms with Crippen molar-refractivity contribution in [3.63, 3.8) is 0 Å². The molecule has 0 saturated heterocycles. The average molecular weight is 253 g/mol. The Morgan fingerprint density at radius 2 is 1.82 bits per heavy atom. The zero-order valence-electron chi connectivity index (χ0n) is 10.3. The Bertz CT molecular complexity index is 479. The lowest BCUT2D eigenvalue weighted by Crippen LogP contribution is -2.38. The minimum Gasteiger partial charge on any atom is -0.316 e. The molecular weight excluding hydrogens is 234 g/mol. The van der Waals surface area contributed by atoms with Crippen molar-refractivity contribution in [2.75, 3.05) is 7.05 Å². The van der Waals surface area contributed by atoms with Gasteiger partial charge in [0.15, 0.2) is 9.84 Å². The van der Waals surface area contributed by atoms with E-state index < -0.39 is 9.84 Å². The fraction of sp³-hybridized carbons (Fsp3) is 0.538. The smallest absolute Gasteiger partial charge is 0.182 e. The van der Waals surface area contributed by atoms with Crippen LogP contribution in [0.15, 0.2) is 29.2 Å². The first kappa shape index (κ1) is 12.6. The Labute approximate surface area is 103 Å². The van der Waals surface area contributed by atoms with E-state index in [1.54, 1.807) is 12.1 Å². The third-order valence-electron chi connectivity index (χ3n) is 3.57. The van der Waals surface area contributed by atoms with Gasteiger partial charge in [-0.1, -0.05) is 24.1 Å². The van der Waals surface area contributed by atoms with Crippen molar-refractivity contribution in [3.8, 4) is 0 Å². The summed E-state index contributed by atoms with van der Waals surface area (Å²) >= 11 is 0. The summed E-state index contributed by atoms with van der Waals surface area (Å²) in [5, 5.41) is 2.85. The average Bonchev–Trinajstić information content (AvgIpc) is 2.78. The second-order valence-corrected chi connectivity index (χ2v) is 6.89. The van der Waals surface area contributed by atoms with Crippen molar-refractivity contribution < 1.29 is 8.42 Å². The molecule has 3 nitrogen and oxygen atoms in total. The first-order chi connectivity index (χ1) is 8.05. The van der Waals surface area contributed by atoms with Crippen LogP contribution in [0.2, 0.25) is 0 Å². The molecule has 0 heterocycles. The standard InChI is InChI=1S/C13H19NO2S/c1-10-6-8-11(9-7-10)17(15,16)13-5-3-4-12(13)14-2/h6-9,12-14H,3-5H2,1-2H3. The largest absolute Gasteiger partial charge is 0.316 e. The van der Waals surface area contributed by atoms with Gasteiger partial charge >= 0.3 is 0 Å². The quantitative estimate of drug-likeness (QED) is 0.895. The fourth-order valence-electron chi connectivity index (χ4n) is 2.53. The van der Waals surface area contributed by atoms with Crippen molar-refractivity contribution in [3.05, 3.63) is 29.8 Å². The maximum Gasteiger partial charge on any atom is 0.182 e. The third-order valence-corrected chi connectivity index (χ3v) is 5.86. The molecule has 1 aromatic rings. The number of nitrogens with one attached hydrogen (secondary N) is 1. The van der Waals surface area contributed by atoms with Crippen LogP contribution in [0, 0.1) is 6.92 Å². The molecule has 2 unspecified atom stereocenters. The normalized spacial score (nSPS) is 25.1. The predicted octanol–water partition coefficient (Wildman–Crippen LogP) is 1.91. The highest BCUT2D eigenvalue weighted by Gasteiger charge is 2.37. The molecule has 1 aliphatic carbocycles. The number of hydrogen-bond donors (Lipinski definition) is 1. The third kappa shape index (κ3) is 2.38. The van der Waals surface area contributed by atoms with E-state index in [9.17, 15) is 8.42 Å². The molecule has 1 aliphatic rings. The number of sulfone groups is 1. The van der Waals surface area contributed by atoms with E-state index >= 15 is 0 Å².